The number of halogens is 1. The average Bonchev–Trinajstić information content (AvgIpc) is 2.99. The molecule has 5 nitrogen and oxygen atoms in total. The van der Waals surface area contributed by atoms with Crippen LogP contribution >= 0.6 is 11.6 Å². The highest BCUT2D eigenvalue weighted by Crippen LogP contribution is 2.18. The lowest BCUT2D eigenvalue weighted by atomic mass is 10.2. The van der Waals surface area contributed by atoms with Crippen molar-refractivity contribution < 1.29 is 4.79 Å². The summed E-state index contributed by atoms with van der Waals surface area (Å²) in [5.74, 6) is 0.877. The maximum atomic E-state index is 11.7. The van der Waals surface area contributed by atoms with Gasteiger partial charge in [0.15, 0.2) is 5.82 Å². The second-order valence-electron chi connectivity index (χ2n) is 4.98. The maximum absolute atomic E-state index is 11.7. The number of amides is 1. The Morgan fingerprint density at radius 3 is 2.90 bits per heavy atom. The van der Waals surface area contributed by atoms with Crippen molar-refractivity contribution in [3.05, 3.63) is 40.8 Å². The quantitative estimate of drug-likeness (QED) is 0.815. The first kappa shape index (κ1) is 13.1. The Balaban J connectivity index is 1.88. The number of carbonyl (C=O) groups is 1. The minimum atomic E-state index is 0.203. The number of likely N-dealkylation sites (tertiary alicyclic amines) is 1. The number of rotatable bonds is 3. The topological polar surface area (TPSA) is 51.0 Å². The number of nitrogens with zero attached hydrogens (tertiary/aromatic N) is 4. The van der Waals surface area contributed by atoms with Crippen LogP contribution in [0.4, 0.5) is 0 Å². The molecule has 0 unspecified atom stereocenters. The highest BCUT2D eigenvalue weighted by Gasteiger charge is 2.20. The van der Waals surface area contributed by atoms with E-state index in [0.717, 1.165) is 24.2 Å². The van der Waals surface area contributed by atoms with Gasteiger partial charge in [0.05, 0.1) is 5.69 Å². The predicted octanol–water partition coefficient (Wildman–Crippen LogP) is 2.35. The van der Waals surface area contributed by atoms with Crippen LogP contribution in [-0.4, -0.2) is 32.1 Å². The van der Waals surface area contributed by atoms with Gasteiger partial charge in [-0.3, -0.25) is 4.79 Å². The molecule has 6 heteroatoms. The molecule has 0 saturated carbocycles. The second-order valence-corrected chi connectivity index (χ2v) is 5.36. The fourth-order valence-corrected chi connectivity index (χ4v) is 2.60. The van der Waals surface area contributed by atoms with Crippen molar-refractivity contribution in [3.63, 3.8) is 0 Å². The van der Waals surface area contributed by atoms with Gasteiger partial charge in [-0.1, -0.05) is 11.6 Å². The summed E-state index contributed by atoms with van der Waals surface area (Å²) in [5, 5.41) is 4.74. The van der Waals surface area contributed by atoms with Gasteiger partial charge in [-0.15, -0.1) is 0 Å². The van der Waals surface area contributed by atoms with E-state index in [4.69, 9.17) is 11.6 Å². The van der Waals surface area contributed by atoms with E-state index in [2.05, 4.69) is 10.1 Å². The number of hydrogen-bond acceptors (Lipinski definition) is 3. The first-order valence-corrected chi connectivity index (χ1v) is 6.96. The van der Waals surface area contributed by atoms with Crippen LogP contribution in [-0.2, 0) is 11.3 Å². The fourth-order valence-electron chi connectivity index (χ4n) is 2.38. The largest absolute Gasteiger partial charge is 0.338 e. The molecule has 20 heavy (non-hydrogen) atoms. The molecule has 0 aliphatic carbocycles. The van der Waals surface area contributed by atoms with E-state index in [1.807, 2.05) is 30.2 Å². The molecule has 1 saturated heterocycles. The molecule has 104 valence electrons. The van der Waals surface area contributed by atoms with E-state index < -0.39 is 0 Å². The Bertz CT molecular complexity index is 652. The molecule has 0 aromatic carbocycles. The molecule has 1 aliphatic rings. The third-order valence-corrected chi connectivity index (χ3v) is 3.54. The lowest BCUT2D eigenvalue weighted by Gasteiger charge is -2.16. The van der Waals surface area contributed by atoms with E-state index in [0.29, 0.717) is 23.9 Å². The van der Waals surface area contributed by atoms with Gasteiger partial charge in [-0.2, -0.15) is 5.10 Å². The van der Waals surface area contributed by atoms with E-state index >= 15 is 0 Å². The van der Waals surface area contributed by atoms with E-state index in [9.17, 15) is 4.79 Å². The second kappa shape index (κ2) is 5.25. The summed E-state index contributed by atoms with van der Waals surface area (Å²) in [4.78, 5) is 17.8. The minimum absolute atomic E-state index is 0.203. The van der Waals surface area contributed by atoms with Gasteiger partial charge in [0.2, 0.25) is 5.91 Å². The van der Waals surface area contributed by atoms with Crippen LogP contribution in [0.1, 0.15) is 24.1 Å². The van der Waals surface area contributed by atoms with Gasteiger partial charge in [0.1, 0.15) is 5.15 Å². The Labute approximate surface area is 122 Å². The number of aryl methyl sites for hydroxylation is 1. The number of aromatic nitrogens is 3. The molecule has 0 bridgehead atoms. The van der Waals surface area contributed by atoms with E-state index in [1.165, 1.54) is 0 Å². The molecular formula is C14H15ClN4O. The zero-order valence-corrected chi connectivity index (χ0v) is 12.0. The van der Waals surface area contributed by atoms with E-state index in [1.54, 1.807) is 10.7 Å². The van der Waals surface area contributed by atoms with Crippen molar-refractivity contribution in [3.8, 4) is 5.82 Å². The maximum Gasteiger partial charge on any atom is 0.222 e. The van der Waals surface area contributed by atoms with Crippen LogP contribution < -0.4 is 0 Å². The van der Waals surface area contributed by atoms with Gasteiger partial charge in [0, 0.05) is 25.7 Å². The smallest absolute Gasteiger partial charge is 0.222 e. The molecule has 0 atom stereocenters. The van der Waals surface area contributed by atoms with Crippen LogP contribution in [0.25, 0.3) is 5.82 Å². The van der Waals surface area contributed by atoms with Crippen molar-refractivity contribution in [2.24, 2.45) is 0 Å². The lowest BCUT2D eigenvalue weighted by molar-refractivity contribution is -0.128. The third-order valence-electron chi connectivity index (χ3n) is 3.34. The molecule has 2 aromatic rings. The van der Waals surface area contributed by atoms with Gasteiger partial charge >= 0.3 is 0 Å². The van der Waals surface area contributed by atoms with E-state index in [-0.39, 0.29) is 5.91 Å². The number of pyridine rings is 1. The molecule has 1 amide bonds. The molecule has 3 rings (SSSR count). The Hall–Kier alpha value is -1.88. The SMILES string of the molecule is Cc1ccn(-c2cc(CN3CCCC3=O)cc(Cl)n2)n1. The van der Waals surface area contributed by atoms with Crippen molar-refractivity contribution >= 4 is 17.5 Å². The van der Waals surface area contributed by atoms with Gasteiger partial charge in [-0.25, -0.2) is 9.67 Å². The molecule has 0 spiro atoms. The third kappa shape index (κ3) is 2.67. The van der Waals surface area contributed by atoms with Crippen molar-refractivity contribution in [2.75, 3.05) is 6.54 Å². The van der Waals surface area contributed by atoms with Crippen LogP contribution in [0.15, 0.2) is 24.4 Å². The molecule has 1 fully saturated rings. The summed E-state index contributed by atoms with van der Waals surface area (Å²) < 4.78 is 1.69. The van der Waals surface area contributed by atoms with Gasteiger partial charge < -0.3 is 4.90 Å². The highest BCUT2D eigenvalue weighted by atomic mass is 35.5. The summed E-state index contributed by atoms with van der Waals surface area (Å²) in [7, 11) is 0. The minimum Gasteiger partial charge on any atom is -0.338 e. The monoisotopic (exact) mass is 290 g/mol. The first-order chi connectivity index (χ1) is 9.61. The van der Waals surface area contributed by atoms with Crippen LogP contribution in [0.2, 0.25) is 5.15 Å². The fraction of sp³-hybridized carbons (Fsp3) is 0.357. The number of carbonyl (C=O) groups excluding carboxylic acids is 1. The average molecular weight is 291 g/mol. The van der Waals surface area contributed by atoms with Gasteiger partial charge in [-0.05, 0) is 37.1 Å². The van der Waals surface area contributed by atoms with Crippen molar-refractivity contribution in [1.29, 1.82) is 0 Å². The molecule has 3 heterocycles. The Morgan fingerprint density at radius 1 is 1.40 bits per heavy atom. The number of hydrogen-bond donors (Lipinski definition) is 0. The summed E-state index contributed by atoms with van der Waals surface area (Å²) in [6.07, 6.45) is 3.42. The standard InChI is InChI=1S/C14H15ClN4O/c1-10-4-6-19(17-10)13-8-11(7-12(15)16-13)9-18-5-2-3-14(18)20/h4,6-8H,2-3,5,9H2,1H3. The van der Waals surface area contributed by atoms with Crippen molar-refractivity contribution in [1.82, 2.24) is 19.7 Å². The molecular weight excluding hydrogens is 276 g/mol. The zero-order chi connectivity index (χ0) is 14.1. The lowest BCUT2D eigenvalue weighted by Crippen LogP contribution is -2.24. The van der Waals surface area contributed by atoms with Crippen LogP contribution in [0.3, 0.4) is 0 Å². The Kier molecular flexibility index (Phi) is 3.44. The molecule has 1 aliphatic heterocycles. The Morgan fingerprint density at radius 2 is 2.25 bits per heavy atom. The zero-order valence-electron chi connectivity index (χ0n) is 11.2. The van der Waals surface area contributed by atoms with Gasteiger partial charge in [0.25, 0.3) is 0 Å². The predicted molar refractivity (Wildman–Crippen MR) is 75.8 cm³/mol. The summed E-state index contributed by atoms with van der Waals surface area (Å²) >= 11 is 6.07. The molecule has 2 aromatic heterocycles. The molecule has 0 N–H and O–H groups in total. The summed E-state index contributed by atoms with van der Waals surface area (Å²) in [5.41, 5.74) is 1.89. The van der Waals surface area contributed by atoms with Crippen LogP contribution in [0, 0.1) is 6.92 Å². The first-order valence-electron chi connectivity index (χ1n) is 6.59. The molecule has 0 radical (unpaired) electrons. The normalized spacial score (nSPS) is 15.1. The van der Waals surface area contributed by atoms with Crippen LogP contribution in [0.5, 0.6) is 0 Å². The van der Waals surface area contributed by atoms with Crippen molar-refractivity contribution in [2.45, 2.75) is 26.3 Å². The summed E-state index contributed by atoms with van der Waals surface area (Å²) in [6.45, 7) is 3.31. The highest BCUT2D eigenvalue weighted by molar-refractivity contribution is 6.29. The summed E-state index contributed by atoms with van der Waals surface area (Å²) in [6, 6.07) is 5.63.